The van der Waals surface area contributed by atoms with Crippen LogP contribution in [0.25, 0.3) is 22.4 Å². The third-order valence-electron chi connectivity index (χ3n) is 5.24. The zero-order chi connectivity index (χ0) is 22.0. The van der Waals surface area contributed by atoms with Crippen LogP contribution in [0.15, 0.2) is 24.3 Å². The summed E-state index contributed by atoms with van der Waals surface area (Å²) in [6, 6.07) is 7.08. The van der Waals surface area contributed by atoms with Crippen molar-refractivity contribution < 1.29 is 8.42 Å². The fraction of sp³-hybridized carbons (Fsp3) is 0.450. The number of hydrogen-bond acceptors (Lipinski definition) is 7. The van der Waals surface area contributed by atoms with Crippen LogP contribution in [-0.2, 0) is 10.2 Å². The Morgan fingerprint density at radius 1 is 1.13 bits per heavy atom. The molecule has 4 rings (SSSR count). The van der Waals surface area contributed by atoms with E-state index >= 15 is 0 Å². The van der Waals surface area contributed by atoms with Gasteiger partial charge in [-0.1, -0.05) is 0 Å². The summed E-state index contributed by atoms with van der Waals surface area (Å²) >= 11 is 0. The second-order valence-corrected chi connectivity index (χ2v) is 9.63. The number of H-pyrrole nitrogens is 1. The summed E-state index contributed by atoms with van der Waals surface area (Å²) in [5.41, 5.74) is 2.79. The molecule has 0 spiro atoms. The molecule has 3 N–H and O–H groups in total. The lowest BCUT2D eigenvalue weighted by Crippen LogP contribution is -2.33. The maximum Gasteiger partial charge on any atom is 0.301 e. The number of rotatable bonds is 8. The molecule has 1 aromatic carbocycles. The van der Waals surface area contributed by atoms with Crippen molar-refractivity contribution in [1.29, 1.82) is 0 Å². The van der Waals surface area contributed by atoms with Crippen LogP contribution in [0.5, 0.6) is 0 Å². The van der Waals surface area contributed by atoms with E-state index in [0.29, 0.717) is 30.2 Å². The Bertz CT molecular complexity index is 1150. The third-order valence-corrected chi connectivity index (χ3v) is 6.78. The van der Waals surface area contributed by atoms with E-state index in [0.717, 1.165) is 48.4 Å². The van der Waals surface area contributed by atoms with Crippen molar-refractivity contribution in [3.63, 3.8) is 0 Å². The highest BCUT2D eigenvalue weighted by molar-refractivity contribution is 7.90. The number of benzene rings is 1. The number of fused-ring (bicyclic) bond motifs is 1. The van der Waals surface area contributed by atoms with Crippen LogP contribution in [0.2, 0.25) is 0 Å². The minimum atomic E-state index is -3.52. The monoisotopic (exact) mass is 444 g/mol. The summed E-state index contributed by atoms with van der Waals surface area (Å²) in [6.07, 6.45) is 1.80. The Morgan fingerprint density at radius 3 is 2.52 bits per heavy atom. The number of anilines is 2. The van der Waals surface area contributed by atoms with E-state index in [1.54, 1.807) is 12.1 Å². The molecule has 0 aliphatic carbocycles. The van der Waals surface area contributed by atoms with Gasteiger partial charge in [-0.05, 0) is 58.1 Å². The van der Waals surface area contributed by atoms with Crippen molar-refractivity contribution >= 4 is 32.7 Å². The Balaban J connectivity index is 1.58. The Kier molecular flexibility index (Phi) is 6.08. The molecule has 0 amide bonds. The topological polar surface area (TPSA) is 119 Å². The van der Waals surface area contributed by atoms with Gasteiger partial charge in [0.2, 0.25) is 0 Å². The molecule has 0 atom stereocenters. The number of hydrogen-bond donors (Lipinski definition) is 3. The van der Waals surface area contributed by atoms with Gasteiger partial charge in [-0.3, -0.25) is 9.82 Å². The van der Waals surface area contributed by atoms with Gasteiger partial charge in [-0.25, -0.2) is 9.97 Å². The van der Waals surface area contributed by atoms with Gasteiger partial charge in [0.05, 0.1) is 5.39 Å². The average Bonchev–Trinajstić information content (AvgIpc) is 3.39. The van der Waals surface area contributed by atoms with Gasteiger partial charge in [0.1, 0.15) is 5.82 Å². The van der Waals surface area contributed by atoms with E-state index in [1.807, 2.05) is 33.2 Å². The maximum atomic E-state index is 12.5. The highest BCUT2D eigenvalue weighted by atomic mass is 32.2. The van der Waals surface area contributed by atoms with Crippen LogP contribution in [0.3, 0.4) is 0 Å². The van der Waals surface area contributed by atoms with Crippen LogP contribution in [0, 0.1) is 6.92 Å². The lowest BCUT2D eigenvalue weighted by molar-refractivity contribution is 0.425. The molecule has 2 aromatic heterocycles. The first-order valence-electron chi connectivity index (χ1n) is 10.3. The second kappa shape index (κ2) is 8.77. The Labute approximate surface area is 182 Å². The minimum absolute atomic E-state index is 0.511. The van der Waals surface area contributed by atoms with E-state index in [9.17, 15) is 8.42 Å². The molecule has 31 heavy (non-hydrogen) atoms. The number of aryl methyl sites for hydroxylation is 1. The number of nitrogens with one attached hydrogen (secondary N) is 3. The minimum Gasteiger partial charge on any atom is -0.368 e. The maximum absolute atomic E-state index is 12.5. The highest BCUT2D eigenvalue weighted by Crippen LogP contribution is 2.27. The van der Waals surface area contributed by atoms with Crippen molar-refractivity contribution in [3.05, 3.63) is 30.0 Å². The number of nitrogens with zero attached hydrogens (tertiary/aromatic N) is 5. The summed E-state index contributed by atoms with van der Waals surface area (Å²) in [4.78, 5) is 11.4. The molecule has 0 saturated carbocycles. The van der Waals surface area contributed by atoms with Crippen LogP contribution >= 0.6 is 0 Å². The quantitative estimate of drug-likeness (QED) is 0.486. The number of aromatic nitrogens is 4. The molecule has 11 heteroatoms. The van der Waals surface area contributed by atoms with Crippen molar-refractivity contribution in [2.75, 3.05) is 50.3 Å². The fourth-order valence-corrected chi connectivity index (χ4v) is 4.85. The molecule has 1 saturated heterocycles. The van der Waals surface area contributed by atoms with Gasteiger partial charge in [0, 0.05) is 43.1 Å². The van der Waals surface area contributed by atoms with Gasteiger partial charge < -0.3 is 10.2 Å². The van der Waals surface area contributed by atoms with Crippen LogP contribution in [0.4, 0.5) is 11.5 Å². The SMILES string of the molecule is Cc1[nH]nc2nc(-c3ccc(NS(=O)(=O)N4CCCC4)cc3)nc(NCCN(C)C)c12. The fourth-order valence-electron chi connectivity index (χ4n) is 3.55. The van der Waals surface area contributed by atoms with Gasteiger partial charge in [0.25, 0.3) is 0 Å². The summed E-state index contributed by atoms with van der Waals surface area (Å²) < 4.78 is 29.1. The zero-order valence-corrected chi connectivity index (χ0v) is 18.8. The lowest BCUT2D eigenvalue weighted by atomic mass is 10.2. The molecular weight excluding hydrogens is 416 g/mol. The van der Waals surface area contributed by atoms with Crippen LogP contribution < -0.4 is 10.0 Å². The third kappa shape index (κ3) is 4.78. The van der Waals surface area contributed by atoms with Gasteiger partial charge in [-0.15, -0.1) is 0 Å². The normalized spacial score (nSPS) is 15.1. The van der Waals surface area contributed by atoms with Gasteiger partial charge in [-0.2, -0.15) is 17.8 Å². The first-order valence-corrected chi connectivity index (χ1v) is 11.8. The smallest absolute Gasteiger partial charge is 0.301 e. The molecule has 3 aromatic rings. The summed E-state index contributed by atoms with van der Waals surface area (Å²) in [7, 11) is 0.522. The molecule has 3 heterocycles. The van der Waals surface area contributed by atoms with Crippen molar-refractivity contribution in [2.45, 2.75) is 19.8 Å². The van der Waals surface area contributed by atoms with Crippen molar-refractivity contribution in [2.24, 2.45) is 0 Å². The molecule has 166 valence electrons. The standard InChI is InChI=1S/C20H28N8O2S/c1-14-17-19(21-10-13-27(2)3)22-18(23-20(17)25-24-14)15-6-8-16(9-7-15)26-31(29,30)28-11-4-5-12-28/h6-9,26H,4-5,10-13H2,1-3H3,(H2,21,22,23,24,25). The molecule has 1 aliphatic rings. The zero-order valence-electron chi connectivity index (χ0n) is 18.0. The van der Waals surface area contributed by atoms with Crippen LogP contribution in [-0.4, -0.2) is 78.1 Å². The van der Waals surface area contributed by atoms with E-state index < -0.39 is 10.2 Å². The van der Waals surface area contributed by atoms with E-state index in [4.69, 9.17) is 4.98 Å². The van der Waals surface area contributed by atoms with E-state index in [1.165, 1.54) is 4.31 Å². The predicted molar refractivity (Wildman–Crippen MR) is 122 cm³/mol. The van der Waals surface area contributed by atoms with E-state index in [2.05, 4.69) is 30.1 Å². The summed E-state index contributed by atoms with van der Waals surface area (Å²) in [5, 5.41) is 11.5. The molecule has 0 radical (unpaired) electrons. The molecule has 1 aliphatic heterocycles. The Hall–Kier alpha value is -2.76. The lowest BCUT2D eigenvalue weighted by Gasteiger charge is -2.17. The molecule has 10 nitrogen and oxygen atoms in total. The second-order valence-electron chi connectivity index (χ2n) is 7.96. The predicted octanol–water partition coefficient (Wildman–Crippen LogP) is 2.05. The first-order chi connectivity index (χ1) is 14.8. The molecule has 0 unspecified atom stereocenters. The largest absolute Gasteiger partial charge is 0.368 e. The van der Waals surface area contributed by atoms with Crippen molar-refractivity contribution in [3.8, 4) is 11.4 Å². The van der Waals surface area contributed by atoms with Crippen molar-refractivity contribution in [1.82, 2.24) is 29.4 Å². The molecule has 0 bridgehead atoms. The molecule has 1 fully saturated rings. The van der Waals surface area contributed by atoms with E-state index in [-0.39, 0.29) is 0 Å². The summed E-state index contributed by atoms with van der Waals surface area (Å²) in [5.74, 6) is 1.26. The average molecular weight is 445 g/mol. The highest BCUT2D eigenvalue weighted by Gasteiger charge is 2.25. The summed E-state index contributed by atoms with van der Waals surface area (Å²) in [6.45, 7) is 4.67. The first kappa shape index (κ1) is 21.5. The van der Waals surface area contributed by atoms with Gasteiger partial charge >= 0.3 is 10.2 Å². The number of likely N-dealkylation sites (N-methyl/N-ethyl adjacent to an activating group) is 1. The van der Waals surface area contributed by atoms with Crippen LogP contribution in [0.1, 0.15) is 18.5 Å². The molecular formula is C20H28N8O2S. The van der Waals surface area contributed by atoms with Gasteiger partial charge in [0.15, 0.2) is 11.5 Å². The number of aromatic amines is 1. The Morgan fingerprint density at radius 2 is 1.84 bits per heavy atom.